The van der Waals surface area contributed by atoms with Gasteiger partial charge in [0.2, 0.25) is 0 Å². The maximum Gasteiger partial charge on any atom is 0.124 e. The predicted molar refractivity (Wildman–Crippen MR) is 85.0 cm³/mol. The number of thiophene rings is 1. The van der Waals surface area contributed by atoms with Crippen molar-refractivity contribution in [3.8, 4) is 5.75 Å². The fourth-order valence-electron chi connectivity index (χ4n) is 1.87. The van der Waals surface area contributed by atoms with Crippen molar-refractivity contribution in [2.24, 2.45) is 0 Å². The van der Waals surface area contributed by atoms with E-state index in [9.17, 15) is 0 Å². The van der Waals surface area contributed by atoms with E-state index < -0.39 is 0 Å². The van der Waals surface area contributed by atoms with E-state index in [2.05, 4.69) is 65.4 Å². The molecule has 0 fully saturated rings. The first-order chi connectivity index (χ1) is 9.10. The van der Waals surface area contributed by atoms with Gasteiger partial charge in [0.25, 0.3) is 0 Å². The van der Waals surface area contributed by atoms with Gasteiger partial charge in [0.15, 0.2) is 0 Å². The second-order valence-electron chi connectivity index (χ2n) is 4.55. The van der Waals surface area contributed by atoms with Gasteiger partial charge in [-0.1, -0.05) is 17.7 Å². The van der Waals surface area contributed by atoms with E-state index >= 15 is 0 Å². The number of benzene rings is 1. The number of ether oxygens (including phenoxy) is 1. The molecular formula is C15H18BrNOS. The second-order valence-corrected chi connectivity index (χ2v) is 7.09. The Balaban J connectivity index is 2.15. The Bertz CT molecular complexity index is 553. The molecule has 1 heterocycles. The molecule has 1 N–H and O–H groups in total. The third-order valence-corrected chi connectivity index (χ3v) is 4.66. The standard InChI is InChI=1S/C15H18BrNOS/c1-10-4-6-14(13(8-10)11(2)17-3)18-9-12-5-7-15(16)19-12/h4-8,11,17H,9H2,1-3H3. The molecule has 0 aliphatic heterocycles. The average Bonchev–Trinajstić information content (AvgIpc) is 2.82. The van der Waals surface area contributed by atoms with Gasteiger partial charge < -0.3 is 10.1 Å². The smallest absolute Gasteiger partial charge is 0.124 e. The van der Waals surface area contributed by atoms with Gasteiger partial charge in [-0.15, -0.1) is 11.3 Å². The van der Waals surface area contributed by atoms with E-state index in [4.69, 9.17) is 4.74 Å². The fourth-order valence-corrected chi connectivity index (χ4v) is 3.27. The molecule has 1 unspecified atom stereocenters. The molecule has 0 saturated heterocycles. The molecule has 0 amide bonds. The lowest BCUT2D eigenvalue weighted by atomic mass is 10.0. The van der Waals surface area contributed by atoms with Gasteiger partial charge in [-0.3, -0.25) is 0 Å². The summed E-state index contributed by atoms with van der Waals surface area (Å²) in [5, 5.41) is 3.27. The van der Waals surface area contributed by atoms with Crippen molar-refractivity contribution >= 4 is 27.3 Å². The first-order valence-electron chi connectivity index (χ1n) is 6.25. The maximum atomic E-state index is 5.96. The Kier molecular flexibility index (Phi) is 5.02. The molecular weight excluding hydrogens is 322 g/mol. The van der Waals surface area contributed by atoms with Gasteiger partial charge in [0.05, 0.1) is 3.79 Å². The Morgan fingerprint density at radius 2 is 2.11 bits per heavy atom. The molecule has 0 radical (unpaired) electrons. The third-order valence-electron chi connectivity index (χ3n) is 3.06. The lowest BCUT2D eigenvalue weighted by Crippen LogP contribution is -2.14. The summed E-state index contributed by atoms with van der Waals surface area (Å²) in [5.74, 6) is 0.956. The summed E-state index contributed by atoms with van der Waals surface area (Å²) in [6, 6.07) is 10.7. The number of hydrogen-bond donors (Lipinski definition) is 1. The molecule has 0 saturated carbocycles. The summed E-state index contributed by atoms with van der Waals surface area (Å²) in [4.78, 5) is 1.22. The zero-order valence-corrected chi connectivity index (χ0v) is 13.8. The summed E-state index contributed by atoms with van der Waals surface area (Å²) in [6.45, 7) is 4.86. The van der Waals surface area contributed by atoms with Crippen LogP contribution < -0.4 is 10.1 Å². The largest absolute Gasteiger partial charge is 0.488 e. The summed E-state index contributed by atoms with van der Waals surface area (Å²) >= 11 is 5.18. The number of nitrogens with one attached hydrogen (secondary N) is 1. The highest BCUT2D eigenvalue weighted by atomic mass is 79.9. The van der Waals surface area contributed by atoms with E-state index in [1.54, 1.807) is 11.3 Å². The third kappa shape index (κ3) is 3.81. The molecule has 1 aromatic heterocycles. The summed E-state index contributed by atoms with van der Waals surface area (Å²) in [5.41, 5.74) is 2.46. The average molecular weight is 340 g/mol. The van der Waals surface area contributed by atoms with Crippen LogP contribution in [0.4, 0.5) is 0 Å². The van der Waals surface area contributed by atoms with Crippen molar-refractivity contribution in [1.82, 2.24) is 5.32 Å². The Morgan fingerprint density at radius 3 is 2.74 bits per heavy atom. The van der Waals surface area contributed by atoms with Gasteiger partial charge in [0.1, 0.15) is 12.4 Å². The van der Waals surface area contributed by atoms with E-state index in [0.717, 1.165) is 9.54 Å². The van der Waals surface area contributed by atoms with Crippen LogP contribution in [0.15, 0.2) is 34.1 Å². The molecule has 2 nitrogen and oxygen atoms in total. The second kappa shape index (κ2) is 6.55. The minimum Gasteiger partial charge on any atom is -0.488 e. The van der Waals surface area contributed by atoms with Crippen LogP contribution in [0.5, 0.6) is 5.75 Å². The van der Waals surface area contributed by atoms with Crippen LogP contribution in [0.3, 0.4) is 0 Å². The summed E-state index contributed by atoms with van der Waals surface area (Å²) < 4.78 is 7.10. The summed E-state index contributed by atoms with van der Waals surface area (Å²) in [7, 11) is 1.97. The molecule has 2 rings (SSSR count). The number of rotatable bonds is 5. The minimum atomic E-state index is 0.282. The molecule has 102 valence electrons. The molecule has 0 spiro atoms. The molecule has 0 aliphatic rings. The van der Waals surface area contributed by atoms with Gasteiger partial charge >= 0.3 is 0 Å². The highest BCUT2D eigenvalue weighted by Crippen LogP contribution is 2.28. The first kappa shape index (κ1) is 14.6. The van der Waals surface area contributed by atoms with Crippen LogP contribution in [-0.4, -0.2) is 7.05 Å². The lowest BCUT2D eigenvalue weighted by molar-refractivity contribution is 0.303. The zero-order valence-electron chi connectivity index (χ0n) is 11.4. The number of halogens is 1. The van der Waals surface area contributed by atoms with Crippen molar-refractivity contribution in [1.29, 1.82) is 0 Å². The van der Waals surface area contributed by atoms with Crippen molar-refractivity contribution in [2.75, 3.05) is 7.05 Å². The van der Waals surface area contributed by atoms with Crippen molar-refractivity contribution < 1.29 is 4.74 Å². The van der Waals surface area contributed by atoms with Crippen LogP contribution >= 0.6 is 27.3 Å². The van der Waals surface area contributed by atoms with E-state index in [-0.39, 0.29) is 6.04 Å². The molecule has 2 aromatic rings. The SMILES string of the molecule is CNC(C)c1cc(C)ccc1OCc1ccc(Br)s1. The monoisotopic (exact) mass is 339 g/mol. The van der Waals surface area contributed by atoms with Gasteiger partial charge in [-0.2, -0.15) is 0 Å². The quantitative estimate of drug-likeness (QED) is 0.853. The Labute approximate surface area is 126 Å². The van der Waals surface area contributed by atoms with E-state index in [1.165, 1.54) is 16.0 Å². The van der Waals surface area contributed by atoms with Crippen LogP contribution in [0.2, 0.25) is 0 Å². The molecule has 1 aromatic carbocycles. The van der Waals surface area contributed by atoms with Gasteiger partial charge in [-0.05, 0) is 55.0 Å². The molecule has 19 heavy (non-hydrogen) atoms. The van der Waals surface area contributed by atoms with Crippen LogP contribution in [0, 0.1) is 6.92 Å². The summed E-state index contributed by atoms with van der Waals surface area (Å²) in [6.07, 6.45) is 0. The molecule has 1 atom stereocenters. The Morgan fingerprint density at radius 1 is 1.32 bits per heavy atom. The van der Waals surface area contributed by atoms with Gasteiger partial charge in [-0.25, -0.2) is 0 Å². The molecule has 4 heteroatoms. The molecule has 0 aliphatic carbocycles. The highest BCUT2D eigenvalue weighted by molar-refractivity contribution is 9.11. The van der Waals surface area contributed by atoms with E-state index in [1.807, 2.05) is 7.05 Å². The van der Waals surface area contributed by atoms with E-state index in [0.29, 0.717) is 6.61 Å². The first-order valence-corrected chi connectivity index (χ1v) is 7.86. The molecule has 0 bridgehead atoms. The van der Waals surface area contributed by atoms with Gasteiger partial charge in [0, 0.05) is 16.5 Å². The Hall–Kier alpha value is -0.840. The van der Waals surface area contributed by atoms with Crippen LogP contribution in [0.1, 0.15) is 29.0 Å². The maximum absolute atomic E-state index is 5.96. The fraction of sp³-hybridized carbons (Fsp3) is 0.333. The van der Waals surface area contributed by atoms with Crippen molar-refractivity contribution in [3.05, 3.63) is 50.1 Å². The van der Waals surface area contributed by atoms with Crippen LogP contribution in [0.25, 0.3) is 0 Å². The number of hydrogen-bond acceptors (Lipinski definition) is 3. The topological polar surface area (TPSA) is 21.3 Å². The van der Waals surface area contributed by atoms with Crippen molar-refractivity contribution in [3.63, 3.8) is 0 Å². The van der Waals surface area contributed by atoms with Crippen molar-refractivity contribution in [2.45, 2.75) is 26.5 Å². The number of aryl methyl sites for hydroxylation is 1. The normalized spacial score (nSPS) is 12.4. The van der Waals surface area contributed by atoms with Crippen LogP contribution in [-0.2, 0) is 6.61 Å². The highest BCUT2D eigenvalue weighted by Gasteiger charge is 2.11. The predicted octanol–water partition coefficient (Wildman–Crippen LogP) is 4.68. The zero-order chi connectivity index (χ0) is 13.8. The minimum absolute atomic E-state index is 0.282. The lowest BCUT2D eigenvalue weighted by Gasteiger charge is -2.17.